The Morgan fingerprint density at radius 2 is 1.93 bits per heavy atom. The molecule has 4 bridgehead atoms. The van der Waals surface area contributed by atoms with Gasteiger partial charge in [-0.25, -0.2) is 0 Å². The third kappa shape index (κ3) is 3.62. The van der Waals surface area contributed by atoms with Gasteiger partial charge in [-0.1, -0.05) is 0 Å². The van der Waals surface area contributed by atoms with Crippen LogP contribution in [0.2, 0.25) is 0 Å². The number of hydrogen-bond acceptors (Lipinski definition) is 2. The summed E-state index contributed by atoms with van der Waals surface area (Å²) in [5.74, 6) is 0.759. The molecule has 4 saturated carbocycles. The summed E-state index contributed by atoms with van der Waals surface area (Å²) in [5.41, 5.74) is -2.47. The number of carbonyl (C=O) groups is 1. The van der Waals surface area contributed by atoms with Crippen molar-refractivity contribution in [1.82, 2.24) is 9.88 Å². The van der Waals surface area contributed by atoms with Crippen molar-refractivity contribution in [3.63, 3.8) is 0 Å². The van der Waals surface area contributed by atoms with Gasteiger partial charge in [-0.3, -0.25) is 9.59 Å². The first kappa shape index (κ1) is 18.8. The van der Waals surface area contributed by atoms with Gasteiger partial charge in [0.05, 0.1) is 0 Å². The van der Waals surface area contributed by atoms with Crippen molar-refractivity contribution in [2.24, 2.45) is 17.3 Å². The van der Waals surface area contributed by atoms with E-state index in [2.05, 4.69) is 5.32 Å². The van der Waals surface area contributed by atoms with Crippen LogP contribution in [0, 0.1) is 17.3 Å². The third-order valence-corrected chi connectivity index (χ3v) is 6.85. The molecule has 4 aliphatic rings. The molecular weight excluding hydrogens is 381 g/mol. The van der Waals surface area contributed by atoms with Crippen LogP contribution in [-0.2, 0) is 17.5 Å². The Morgan fingerprint density at radius 1 is 1.26 bits per heavy atom. The molecule has 0 saturated heterocycles. The van der Waals surface area contributed by atoms with Crippen molar-refractivity contribution in [3.8, 4) is 0 Å². The van der Waals surface area contributed by atoms with Crippen LogP contribution in [0.3, 0.4) is 0 Å². The number of aromatic nitrogens is 1. The van der Waals surface area contributed by atoms with Gasteiger partial charge in [0.2, 0.25) is 5.91 Å². The van der Waals surface area contributed by atoms with Crippen LogP contribution < -0.4 is 10.9 Å². The second-order valence-electron chi connectivity index (χ2n) is 8.74. The lowest BCUT2D eigenvalue weighted by molar-refractivity contribution is -0.139. The maximum atomic E-state index is 12.8. The Kier molecular flexibility index (Phi) is 4.37. The highest BCUT2D eigenvalue weighted by atomic mass is 35.5. The molecule has 0 unspecified atom stereocenters. The summed E-state index contributed by atoms with van der Waals surface area (Å²) in [6.45, 7) is 0.0543. The molecule has 1 aromatic rings. The van der Waals surface area contributed by atoms with Crippen molar-refractivity contribution in [3.05, 3.63) is 34.2 Å². The Hall–Kier alpha value is -1.50. The van der Waals surface area contributed by atoms with Crippen LogP contribution in [0.4, 0.5) is 13.2 Å². The summed E-state index contributed by atoms with van der Waals surface area (Å²) in [6.07, 6.45) is 2.73. The highest BCUT2D eigenvalue weighted by Crippen LogP contribution is 2.63. The average molecular weight is 403 g/mol. The number of rotatable bonds is 4. The number of alkyl halides is 4. The molecule has 4 fully saturated rings. The zero-order chi connectivity index (χ0) is 19.4. The molecule has 4 aliphatic carbocycles. The molecule has 148 valence electrons. The molecule has 1 amide bonds. The van der Waals surface area contributed by atoms with E-state index in [0.29, 0.717) is 18.4 Å². The fraction of sp³-hybridized carbons (Fsp3) is 0.684. The van der Waals surface area contributed by atoms with E-state index in [9.17, 15) is 22.8 Å². The highest BCUT2D eigenvalue weighted by molar-refractivity contribution is 6.24. The molecule has 5 rings (SSSR count). The number of nitrogens with one attached hydrogen (secondary N) is 1. The average Bonchev–Trinajstić information content (AvgIpc) is 2.51. The first-order chi connectivity index (χ1) is 12.6. The van der Waals surface area contributed by atoms with E-state index in [0.717, 1.165) is 48.8 Å². The third-order valence-electron chi connectivity index (χ3n) is 6.41. The molecule has 0 radical (unpaired) electrons. The molecule has 0 spiro atoms. The van der Waals surface area contributed by atoms with E-state index in [4.69, 9.17) is 11.6 Å². The maximum absolute atomic E-state index is 12.8. The van der Waals surface area contributed by atoms with Crippen LogP contribution in [0.1, 0.15) is 44.1 Å². The quantitative estimate of drug-likeness (QED) is 0.783. The van der Waals surface area contributed by atoms with Crippen molar-refractivity contribution < 1.29 is 18.0 Å². The lowest BCUT2D eigenvalue weighted by Crippen LogP contribution is -2.56. The summed E-state index contributed by atoms with van der Waals surface area (Å²) in [5, 5.41) is 2.85. The van der Waals surface area contributed by atoms with Crippen LogP contribution >= 0.6 is 11.6 Å². The Balaban J connectivity index is 1.42. The summed E-state index contributed by atoms with van der Waals surface area (Å²) >= 11 is 6.78. The fourth-order valence-corrected chi connectivity index (χ4v) is 6.64. The molecule has 1 heterocycles. The summed E-state index contributed by atoms with van der Waals surface area (Å²) in [7, 11) is 0. The monoisotopic (exact) mass is 402 g/mol. The molecular formula is C19H22ClF3N2O2. The van der Waals surface area contributed by atoms with Crippen LogP contribution in [0.5, 0.6) is 0 Å². The van der Waals surface area contributed by atoms with E-state index in [-0.39, 0.29) is 10.3 Å². The molecule has 27 heavy (non-hydrogen) atoms. The molecule has 0 aromatic carbocycles. The van der Waals surface area contributed by atoms with Gasteiger partial charge in [0, 0.05) is 17.6 Å². The van der Waals surface area contributed by atoms with Gasteiger partial charge < -0.3 is 9.88 Å². The highest BCUT2D eigenvalue weighted by Gasteiger charge is 2.56. The van der Waals surface area contributed by atoms with Gasteiger partial charge in [0.15, 0.2) is 0 Å². The Labute approximate surface area is 160 Å². The number of pyridine rings is 1. The number of carbonyl (C=O) groups excluding carboxylic acids is 1. The van der Waals surface area contributed by atoms with E-state index < -0.39 is 29.8 Å². The molecule has 4 nitrogen and oxygen atoms in total. The van der Waals surface area contributed by atoms with Crippen molar-refractivity contribution in [2.45, 2.75) is 56.1 Å². The van der Waals surface area contributed by atoms with E-state index >= 15 is 0 Å². The molecule has 1 aromatic heterocycles. The second kappa shape index (κ2) is 6.26. The largest absolute Gasteiger partial charge is 0.421 e. The lowest BCUT2D eigenvalue weighted by Gasteiger charge is -2.60. The van der Waals surface area contributed by atoms with Crippen LogP contribution in [-0.4, -0.2) is 21.9 Å². The predicted octanol–water partition coefficient (Wildman–Crippen LogP) is 3.56. The van der Waals surface area contributed by atoms with Gasteiger partial charge in [-0.15, -0.1) is 11.6 Å². The van der Waals surface area contributed by atoms with E-state index in [1.54, 1.807) is 0 Å². The van der Waals surface area contributed by atoms with Crippen LogP contribution in [0.25, 0.3) is 0 Å². The van der Waals surface area contributed by atoms with Crippen molar-refractivity contribution in [1.29, 1.82) is 0 Å². The van der Waals surface area contributed by atoms with Gasteiger partial charge in [-0.2, -0.15) is 13.2 Å². The minimum Gasteiger partial charge on any atom is -0.354 e. The van der Waals surface area contributed by atoms with E-state index in [1.165, 1.54) is 12.6 Å². The molecule has 1 N–H and O–H groups in total. The number of halogens is 4. The smallest absolute Gasteiger partial charge is 0.354 e. The normalized spacial score (nSPS) is 34.7. The van der Waals surface area contributed by atoms with Gasteiger partial charge >= 0.3 is 6.18 Å². The summed E-state index contributed by atoms with van der Waals surface area (Å²) in [6, 6.07) is 1.86. The van der Waals surface area contributed by atoms with Crippen molar-refractivity contribution in [2.75, 3.05) is 6.54 Å². The molecule has 2 atom stereocenters. The minimum atomic E-state index is -4.73. The molecule has 8 heteroatoms. The number of amides is 1. The van der Waals surface area contributed by atoms with Gasteiger partial charge in [0.1, 0.15) is 12.1 Å². The predicted molar refractivity (Wildman–Crippen MR) is 94.4 cm³/mol. The lowest BCUT2D eigenvalue weighted by atomic mass is 9.49. The molecule has 0 aliphatic heterocycles. The van der Waals surface area contributed by atoms with Gasteiger partial charge in [0.25, 0.3) is 5.56 Å². The topological polar surface area (TPSA) is 51.1 Å². The van der Waals surface area contributed by atoms with Gasteiger partial charge in [-0.05, 0) is 67.9 Å². The van der Waals surface area contributed by atoms with Crippen molar-refractivity contribution >= 4 is 17.5 Å². The standard InChI is InChI=1S/C19H22ClF3N2O2/c20-18-7-12-4-13(8-18)6-17(5-12,10-18)11-24-15(26)9-25-3-1-2-14(16(25)27)19(21,22)23/h1-3,12-13H,4-11H2,(H,24,26)/t12-,13-,17?,18?/m1/s1. The van der Waals surface area contributed by atoms with Crippen LogP contribution in [0.15, 0.2) is 23.1 Å². The second-order valence-corrected chi connectivity index (χ2v) is 9.54. The first-order valence-electron chi connectivity index (χ1n) is 9.30. The number of nitrogens with zero attached hydrogens (tertiary/aromatic N) is 1. The Morgan fingerprint density at radius 3 is 2.52 bits per heavy atom. The zero-order valence-corrected chi connectivity index (χ0v) is 15.6. The number of hydrogen-bond donors (Lipinski definition) is 1. The first-order valence-corrected chi connectivity index (χ1v) is 9.68. The summed E-state index contributed by atoms with van der Waals surface area (Å²) in [4.78, 5) is 24.1. The van der Waals surface area contributed by atoms with E-state index in [1.807, 2.05) is 0 Å². The summed E-state index contributed by atoms with van der Waals surface area (Å²) < 4.78 is 39.3. The zero-order valence-electron chi connectivity index (χ0n) is 14.8. The fourth-order valence-electron chi connectivity index (χ4n) is 5.92. The SMILES string of the molecule is O=C(Cn1cccc(C(F)(F)F)c1=O)NCC12C[C@H]3C[C@@H](CC(Cl)(C3)C1)C2. The Bertz CT molecular complexity index is 806. The minimum absolute atomic E-state index is 0.0136. The maximum Gasteiger partial charge on any atom is 0.421 e.